The van der Waals surface area contributed by atoms with E-state index < -0.39 is 4.92 Å². The van der Waals surface area contributed by atoms with Crippen LogP contribution < -0.4 is 4.74 Å². The number of hydrogen-bond acceptors (Lipinski definition) is 4. The van der Waals surface area contributed by atoms with Crippen LogP contribution in [0.2, 0.25) is 10.0 Å². The minimum absolute atomic E-state index is 0.00981. The Bertz CT molecular complexity index is 894. The SMILES string of the molecule is O=[N+]([O-])c1ccc(Cl)c(COc2cccc3cnccc23)c1Cl. The second-order valence-electron chi connectivity index (χ2n) is 4.76. The first-order chi connectivity index (χ1) is 11.1. The van der Waals surface area contributed by atoms with E-state index >= 15 is 0 Å². The molecule has 0 aliphatic heterocycles. The molecule has 0 unspecified atom stereocenters. The highest BCUT2D eigenvalue weighted by Gasteiger charge is 2.19. The van der Waals surface area contributed by atoms with Crippen molar-refractivity contribution in [1.82, 2.24) is 4.98 Å². The van der Waals surface area contributed by atoms with Crippen LogP contribution in [0.25, 0.3) is 10.8 Å². The van der Waals surface area contributed by atoms with Gasteiger partial charge in [0.25, 0.3) is 5.69 Å². The van der Waals surface area contributed by atoms with Crippen molar-refractivity contribution in [3.05, 3.63) is 74.5 Å². The molecule has 1 heterocycles. The number of halogens is 2. The molecule has 7 heteroatoms. The van der Waals surface area contributed by atoms with Crippen LogP contribution in [-0.4, -0.2) is 9.91 Å². The highest BCUT2D eigenvalue weighted by atomic mass is 35.5. The van der Waals surface area contributed by atoms with Crippen LogP contribution in [0.5, 0.6) is 5.75 Å². The predicted molar refractivity (Wildman–Crippen MR) is 89.2 cm³/mol. The Kier molecular flexibility index (Phi) is 4.32. The van der Waals surface area contributed by atoms with E-state index in [-0.39, 0.29) is 17.3 Å². The highest BCUT2D eigenvalue weighted by molar-refractivity contribution is 6.37. The lowest BCUT2D eigenvalue weighted by Crippen LogP contribution is -2.00. The fourth-order valence-corrected chi connectivity index (χ4v) is 2.78. The number of rotatable bonds is 4. The van der Waals surface area contributed by atoms with Crippen molar-refractivity contribution < 1.29 is 9.66 Å². The lowest BCUT2D eigenvalue weighted by Gasteiger charge is -2.11. The van der Waals surface area contributed by atoms with E-state index in [2.05, 4.69) is 4.98 Å². The Hall–Kier alpha value is -2.37. The third-order valence-electron chi connectivity index (χ3n) is 3.38. The summed E-state index contributed by atoms with van der Waals surface area (Å²) in [5.41, 5.74) is 0.186. The quantitative estimate of drug-likeness (QED) is 0.489. The Morgan fingerprint density at radius 3 is 2.78 bits per heavy atom. The second kappa shape index (κ2) is 6.40. The van der Waals surface area contributed by atoms with Gasteiger partial charge in [-0.25, -0.2) is 0 Å². The van der Waals surface area contributed by atoms with E-state index in [0.717, 1.165) is 10.8 Å². The topological polar surface area (TPSA) is 65.3 Å². The Morgan fingerprint density at radius 1 is 1.17 bits per heavy atom. The van der Waals surface area contributed by atoms with E-state index in [4.69, 9.17) is 27.9 Å². The summed E-state index contributed by atoms with van der Waals surface area (Å²) in [4.78, 5) is 14.5. The van der Waals surface area contributed by atoms with Crippen LogP contribution in [0.4, 0.5) is 5.69 Å². The molecular weight excluding hydrogens is 339 g/mol. The van der Waals surface area contributed by atoms with Crippen LogP contribution >= 0.6 is 23.2 Å². The maximum absolute atomic E-state index is 11.0. The zero-order valence-corrected chi connectivity index (χ0v) is 13.2. The molecule has 3 aromatic rings. The first-order valence-electron chi connectivity index (χ1n) is 6.64. The molecule has 2 aromatic carbocycles. The summed E-state index contributed by atoms with van der Waals surface area (Å²) in [6, 6.07) is 10.1. The van der Waals surface area contributed by atoms with Crippen molar-refractivity contribution in [1.29, 1.82) is 0 Å². The van der Waals surface area contributed by atoms with Gasteiger partial charge in [-0.3, -0.25) is 15.1 Å². The summed E-state index contributed by atoms with van der Waals surface area (Å²) in [5, 5.41) is 13.1. The average molecular weight is 349 g/mol. The molecule has 0 spiro atoms. The predicted octanol–water partition coefficient (Wildman–Crippen LogP) is 5.03. The zero-order valence-electron chi connectivity index (χ0n) is 11.7. The van der Waals surface area contributed by atoms with Gasteiger partial charge in [-0.05, 0) is 18.2 Å². The summed E-state index contributed by atoms with van der Waals surface area (Å²) >= 11 is 12.2. The minimum Gasteiger partial charge on any atom is -0.488 e. The summed E-state index contributed by atoms with van der Waals surface area (Å²) in [7, 11) is 0. The number of fused-ring (bicyclic) bond motifs is 1. The number of hydrogen-bond donors (Lipinski definition) is 0. The van der Waals surface area contributed by atoms with E-state index in [1.54, 1.807) is 12.4 Å². The number of nitrogens with zero attached hydrogens (tertiary/aromatic N) is 2. The van der Waals surface area contributed by atoms with E-state index in [0.29, 0.717) is 16.3 Å². The number of benzene rings is 2. The summed E-state index contributed by atoms with van der Waals surface area (Å²) in [6.07, 6.45) is 3.40. The largest absolute Gasteiger partial charge is 0.488 e. The number of aromatic nitrogens is 1. The standard InChI is InChI=1S/C16H10Cl2N2O3/c17-13-4-5-14(20(21)22)16(18)12(13)9-23-15-3-1-2-10-8-19-7-6-11(10)15/h1-8H,9H2. The molecular formula is C16H10Cl2N2O3. The first kappa shape index (κ1) is 15.5. The number of nitro groups is 1. The maximum Gasteiger partial charge on any atom is 0.288 e. The smallest absolute Gasteiger partial charge is 0.288 e. The van der Waals surface area contributed by atoms with Crippen molar-refractivity contribution in [3.8, 4) is 5.75 Å². The van der Waals surface area contributed by atoms with Gasteiger partial charge in [-0.15, -0.1) is 0 Å². The molecule has 1 aromatic heterocycles. The van der Waals surface area contributed by atoms with Gasteiger partial charge in [0, 0.05) is 39.8 Å². The van der Waals surface area contributed by atoms with Crippen LogP contribution in [-0.2, 0) is 6.61 Å². The van der Waals surface area contributed by atoms with Crippen molar-refractivity contribution in [2.24, 2.45) is 0 Å². The fourth-order valence-electron chi connectivity index (χ4n) is 2.23. The minimum atomic E-state index is -0.550. The monoisotopic (exact) mass is 348 g/mol. The molecule has 0 aliphatic rings. The summed E-state index contributed by atoms with van der Waals surface area (Å²) in [6.45, 7) is 0.0286. The molecule has 0 bridgehead atoms. The fraction of sp³-hybridized carbons (Fsp3) is 0.0625. The molecule has 116 valence electrons. The molecule has 0 atom stereocenters. The zero-order chi connectivity index (χ0) is 16.4. The number of pyridine rings is 1. The second-order valence-corrected chi connectivity index (χ2v) is 5.54. The average Bonchev–Trinajstić information content (AvgIpc) is 2.54. The van der Waals surface area contributed by atoms with Crippen molar-refractivity contribution >= 4 is 39.7 Å². The Labute approximate surface area is 141 Å². The Balaban J connectivity index is 1.94. The Morgan fingerprint density at radius 2 is 2.00 bits per heavy atom. The third-order valence-corrected chi connectivity index (χ3v) is 4.15. The molecule has 0 saturated carbocycles. The van der Waals surface area contributed by atoms with Gasteiger partial charge in [-0.2, -0.15) is 0 Å². The molecule has 5 nitrogen and oxygen atoms in total. The molecule has 0 N–H and O–H groups in total. The molecule has 0 fully saturated rings. The summed E-state index contributed by atoms with van der Waals surface area (Å²) in [5.74, 6) is 0.628. The maximum atomic E-state index is 11.0. The van der Waals surface area contributed by atoms with Gasteiger partial charge >= 0.3 is 0 Å². The lowest BCUT2D eigenvalue weighted by molar-refractivity contribution is -0.384. The van der Waals surface area contributed by atoms with Crippen LogP contribution in [0.15, 0.2) is 48.8 Å². The van der Waals surface area contributed by atoms with Gasteiger partial charge in [0.2, 0.25) is 0 Å². The van der Waals surface area contributed by atoms with Gasteiger partial charge in [0.1, 0.15) is 17.4 Å². The number of nitro benzene ring substituents is 1. The van der Waals surface area contributed by atoms with Crippen LogP contribution in [0.1, 0.15) is 5.56 Å². The van der Waals surface area contributed by atoms with Crippen molar-refractivity contribution in [2.75, 3.05) is 0 Å². The molecule has 0 radical (unpaired) electrons. The van der Waals surface area contributed by atoms with Gasteiger partial charge in [-0.1, -0.05) is 35.3 Å². The van der Waals surface area contributed by atoms with E-state index in [1.807, 2.05) is 24.3 Å². The van der Waals surface area contributed by atoms with Gasteiger partial charge < -0.3 is 4.74 Å². The first-order valence-corrected chi connectivity index (χ1v) is 7.40. The molecule has 0 aliphatic carbocycles. The van der Waals surface area contributed by atoms with Gasteiger partial charge in [0.15, 0.2) is 0 Å². The normalized spacial score (nSPS) is 10.7. The van der Waals surface area contributed by atoms with E-state index in [1.165, 1.54) is 12.1 Å². The molecule has 23 heavy (non-hydrogen) atoms. The molecule has 0 saturated heterocycles. The summed E-state index contributed by atoms with van der Waals surface area (Å²) < 4.78 is 5.78. The molecule has 0 amide bonds. The van der Waals surface area contributed by atoms with Crippen LogP contribution in [0, 0.1) is 10.1 Å². The van der Waals surface area contributed by atoms with Gasteiger partial charge in [0.05, 0.1) is 4.92 Å². The van der Waals surface area contributed by atoms with Crippen molar-refractivity contribution in [3.63, 3.8) is 0 Å². The van der Waals surface area contributed by atoms with Crippen LogP contribution in [0.3, 0.4) is 0 Å². The number of ether oxygens (including phenoxy) is 1. The lowest BCUT2D eigenvalue weighted by atomic mass is 10.1. The van der Waals surface area contributed by atoms with Crippen molar-refractivity contribution in [2.45, 2.75) is 6.61 Å². The third kappa shape index (κ3) is 3.06. The molecule has 3 rings (SSSR count). The highest BCUT2D eigenvalue weighted by Crippen LogP contribution is 2.34. The van der Waals surface area contributed by atoms with E-state index in [9.17, 15) is 10.1 Å².